The molecule has 144 valence electrons. The SMILES string of the molecule is CC[C@H]1CN(C(=O)c2ccc(F)cc2)CC[C@H]1CC(=O)NCC[NH+](C)C. The number of rotatable bonds is 7. The molecular formula is C20H31FN3O2+. The van der Waals surface area contributed by atoms with Crippen LogP contribution in [0.4, 0.5) is 4.39 Å². The van der Waals surface area contributed by atoms with Gasteiger partial charge in [0.2, 0.25) is 5.91 Å². The van der Waals surface area contributed by atoms with Crippen LogP contribution in [0.15, 0.2) is 24.3 Å². The average molecular weight is 364 g/mol. The molecule has 1 saturated heterocycles. The summed E-state index contributed by atoms with van der Waals surface area (Å²) >= 11 is 0. The van der Waals surface area contributed by atoms with Gasteiger partial charge >= 0.3 is 0 Å². The number of piperidine rings is 1. The molecule has 0 radical (unpaired) electrons. The first-order chi connectivity index (χ1) is 12.4. The molecule has 1 heterocycles. The number of nitrogens with one attached hydrogen (secondary N) is 2. The molecule has 0 spiro atoms. The zero-order chi connectivity index (χ0) is 19.1. The molecule has 1 aliphatic rings. The predicted octanol–water partition coefficient (Wildman–Crippen LogP) is 0.965. The predicted molar refractivity (Wildman–Crippen MR) is 99.5 cm³/mol. The van der Waals surface area contributed by atoms with Crippen molar-refractivity contribution in [3.63, 3.8) is 0 Å². The van der Waals surface area contributed by atoms with Crippen LogP contribution in [0.2, 0.25) is 0 Å². The molecule has 0 unspecified atom stereocenters. The Balaban J connectivity index is 1.88. The maximum atomic E-state index is 13.1. The fraction of sp³-hybridized carbons (Fsp3) is 0.600. The van der Waals surface area contributed by atoms with E-state index in [0.29, 0.717) is 43.5 Å². The van der Waals surface area contributed by atoms with E-state index in [4.69, 9.17) is 0 Å². The first kappa shape index (κ1) is 20.4. The fourth-order valence-electron chi connectivity index (χ4n) is 3.53. The first-order valence-corrected chi connectivity index (χ1v) is 9.51. The Morgan fingerprint density at radius 1 is 1.23 bits per heavy atom. The number of benzene rings is 1. The van der Waals surface area contributed by atoms with E-state index in [-0.39, 0.29) is 17.6 Å². The summed E-state index contributed by atoms with van der Waals surface area (Å²) in [6.45, 7) is 5.02. The highest BCUT2D eigenvalue weighted by atomic mass is 19.1. The van der Waals surface area contributed by atoms with Gasteiger partial charge in [-0.1, -0.05) is 13.3 Å². The van der Waals surface area contributed by atoms with Crippen molar-refractivity contribution >= 4 is 11.8 Å². The Hall–Kier alpha value is -1.95. The lowest BCUT2D eigenvalue weighted by molar-refractivity contribution is -0.856. The molecule has 0 aromatic heterocycles. The van der Waals surface area contributed by atoms with Crippen molar-refractivity contribution in [1.82, 2.24) is 10.2 Å². The lowest BCUT2D eigenvalue weighted by atomic mass is 9.81. The summed E-state index contributed by atoms with van der Waals surface area (Å²) in [6, 6.07) is 5.70. The van der Waals surface area contributed by atoms with Gasteiger partial charge in [0.05, 0.1) is 27.2 Å². The Bertz CT molecular complexity index is 604. The standard InChI is InChI=1S/C20H30FN3O2/c1-4-15-14-24(20(26)16-5-7-18(21)8-6-16)11-9-17(15)13-19(25)22-10-12-23(2)3/h5-8,15,17H,4,9-14H2,1-3H3,(H,22,25)/p+1/t15-,17-/m0/s1. The zero-order valence-electron chi connectivity index (χ0n) is 16.1. The van der Waals surface area contributed by atoms with E-state index in [1.807, 2.05) is 4.90 Å². The third-order valence-corrected chi connectivity index (χ3v) is 5.19. The molecule has 2 amide bonds. The topological polar surface area (TPSA) is 53.9 Å². The Morgan fingerprint density at radius 3 is 2.54 bits per heavy atom. The fourth-order valence-corrected chi connectivity index (χ4v) is 3.53. The minimum Gasteiger partial charge on any atom is -0.350 e. The number of halogens is 1. The van der Waals surface area contributed by atoms with Gasteiger partial charge in [0, 0.05) is 25.1 Å². The van der Waals surface area contributed by atoms with Crippen LogP contribution in [0.3, 0.4) is 0 Å². The second-order valence-corrected chi connectivity index (χ2v) is 7.49. The third-order valence-electron chi connectivity index (χ3n) is 5.19. The maximum Gasteiger partial charge on any atom is 0.253 e. The van der Waals surface area contributed by atoms with Crippen molar-refractivity contribution in [2.45, 2.75) is 26.2 Å². The van der Waals surface area contributed by atoms with Crippen LogP contribution >= 0.6 is 0 Å². The van der Waals surface area contributed by atoms with Crippen molar-refractivity contribution in [3.8, 4) is 0 Å². The molecular weight excluding hydrogens is 333 g/mol. The number of likely N-dealkylation sites (N-methyl/N-ethyl adjacent to an activating group) is 1. The normalized spacial score (nSPS) is 20.3. The smallest absolute Gasteiger partial charge is 0.253 e. The lowest BCUT2D eigenvalue weighted by Crippen LogP contribution is -3.06. The summed E-state index contributed by atoms with van der Waals surface area (Å²) in [5.74, 6) is 0.337. The minimum absolute atomic E-state index is 0.0553. The molecule has 1 aliphatic heterocycles. The largest absolute Gasteiger partial charge is 0.350 e. The van der Waals surface area contributed by atoms with Crippen molar-refractivity contribution in [2.24, 2.45) is 11.8 Å². The Kier molecular flexibility index (Phi) is 7.57. The molecule has 1 fully saturated rings. The van der Waals surface area contributed by atoms with E-state index >= 15 is 0 Å². The summed E-state index contributed by atoms with van der Waals surface area (Å²) < 4.78 is 13.1. The summed E-state index contributed by atoms with van der Waals surface area (Å²) in [4.78, 5) is 28.0. The van der Waals surface area contributed by atoms with Gasteiger partial charge in [0.25, 0.3) is 5.91 Å². The molecule has 1 aromatic rings. The summed E-state index contributed by atoms with van der Waals surface area (Å²) in [5.41, 5.74) is 0.517. The molecule has 0 aliphatic carbocycles. The van der Waals surface area contributed by atoms with E-state index in [0.717, 1.165) is 19.4 Å². The van der Waals surface area contributed by atoms with E-state index in [1.165, 1.54) is 29.2 Å². The van der Waals surface area contributed by atoms with Gasteiger partial charge < -0.3 is 15.1 Å². The van der Waals surface area contributed by atoms with Gasteiger partial charge in [-0.15, -0.1) is 0 Å². The Morgan fingerprint density at radius 2 is 1.92 bits per heavy atom. The highest BCUT2D eigenvalue weighted by Gasteiger charge is 2.32. The monoisotopic (exact) mass is 364 g/mol. The van der Waals surface area contributed by atoms with Crippen LogP contribution in [-0.4, -0.2) is 57.0 Å². The number of amides is 2. The van der Waals surface area contributed by atoms with Crippen LogP contribution in [-0.2, 0) is 4.79 Å². The van der Waals surface area contributed by atoms with E-state index in [2.05, 4.69) is 26.3 Å². The zero-order valence-corrected chi connectivity index (χ0v) is 16.1. The molecule has 6 heteroatoms. The molecule has 2 atom stereocenters. The van der Waals surface area contributed by atoms with E-state index in [9.17, 15) is 14.0 Å². The second kappa shape index (κ2) is 9.67. The molecule has 2 rings (SSSR count). The molecule has 1 aromatic carbocycles. The number of carbonyl (C=O) groups is 2. The molecule has 5 nitrogen and oxygen atoms in total. The van der Waals surface area contributed by atoms with E-state index < -0.39 is 0 Å². The maximum absolute atomic E-state index is 13.1. The molecule has 26 heavy (non-hydrogen) atoms. The summed E-state index contributed by atoms with van der Waals surface area (Å²) in [7, 11) is 4.13. The quantitative estimate of drug-likeness (QED) is 0.757. The number of hydrogen-bond acceptors (Lipinski definition) is 2. The van der Waals surface area contributed by atoms with Gasteiger partial charge in [0.1, 0.15) is 5.82 Å². The first-order valence-electron chi connectivity index (χ1n) is 9.51. The van der Waals surface area contributed by atoms with Crippen molar-refractivity contribution < 1.29 is 18.9 Å². The van der Waals surface area contributed by atoms with Crippen LogP contribution in [0, 0.1) is 17.7 Å². The highest BCUT2D eigenvalue weighted by Crippen LogP contribution is 2.29. The van der Waals surface area contributed by atoms with Crippen LogP contribution in [0.25, 0.3) is 0 Å². The highest BCUT2D eigenvalue weighted by molar-refractivity contribution is 5.94. The van der Waals surface area contributed by atoms with Crippen LogP contribution in [0.5, 0.6) is 0 Å². The number of likely N-dealkylation sites (tertiary alicyclic amines) is 1. The Labute approximate surface area is 155 Å². The van der Waals surface area contributed by atoms with E-state index in [1.54, 1.807) is 0 Å². The molecule has 0 bridgehead atoms. The lowest BCUT2D eigenvalue weighted by Gasteiger charge is -2.38. The third kappa shape index (κ3) is 5.80. The van der Waals surface area contributed by atoms with Gasteiger partial charge in [-0.3, -0.25) is 9.59 Å². The van der Waals surface area contributed by atoms with Crippen molar-refractivity contribution in [3.05, 3.63) is 35.6 Å². The minimum atomic E-state index is -0.339. The summed E-state index contributed by atoms with van der Waals surface area (Å²) in [5, 5.41) is 3.00. The van der Waals surface area contributed by atoms with Crippen molar-refractivity contribution in [2.75, 3.05) is 40.3 Å². The van der Waals surface area contributed by atoms with Gasteiger partial charge in [-0.05, 0) is 42.5 Å². The number of hydrogen-bond donors (Lipinski definition) is 2. The molecule has 0 saturated carbocycles. The number of carbonyl (C=O) groups excluding carboxylic acids is 2. The summed E-state index contributed by atoms with van der Waals surface area (Å²) in [6.07, 6.45) is 2.30. The van der Waals surface area contributed by atoms with Crippen molar-refractivity contribution in [1.29, 1.82) is 0 Å². The molecule has 2 N–H and O–H groups in total. The van der Waals surface area contributed by atoms with Gasteiger partial charge in [0.15, 0.2) is 0 Å². The van der Waals surface area contributed by atoms with Crippen LogP contribution < -0.4 is 10.2 Å². The number of nitrogens with zero attached hydrogens (tertiary/aromatic N) is 1. The average Bonchev–Trinajstić information content (AvgIpc) is 2.61. The van der Waals surface area contributed by atoms with Gasteiger partial charge in [-0.2, -0.15) is 0 Å². The van der Waals surface area contributed by atoms with Gasteiger partial charge in [-0.25, -0.2) is 4.39 Å². The second-order valence-electron chi connectivity index (χ2n) is 7.49. The van der Waals surface area contributed by atoms with Crippen LogP contribution in [0.1, 0.15) is 36.5 Å². The number of quaternary nitrogens is 1.